The Labute approximate surface area is 190 Å². The minimum atomic E-state index is -0.509. The number of likely N-dealkylation sites (tertiary alicyclic amines) is 1. The van der Waals surface area contributed by atoms with E-state index in [1.54, 1.807) is 18.3 Å². The molecule has 2 N–H and O–H groups in total. The molecule has 0 amide bonds. The zero-order valence-electron chi connectivity index (χ0n) is 18.3. The monoisotopic (exact) mass is 445 g/mol. The summed E-state index contributed by atoms with van der Waals surface area (Å²) in [6.07, 6.45) is 4.28. The largest absolute Gasteiger partial charge is 0.492 e. The molecule has 2 aromatic carbocycles. The van der Waals surface area contributed by atoms with Gasteiger partial charge in [-0.1, -0.05) is 30.3 Å². The number of benzene rings is 2. The number of nitrogens with zero attached hydrogens (tertiary/aromatic N) is 6. The summed E-state index contributed by atoms with van der Waals surface area (Å²) < 4.78 is 20.9. The van der Waals surface area contributed by atoms with E-state index < -0.39 is 5.82 Å². The predicted molar refractivity (Wildman–Crippen MR) is 123 cm³/mol. The number of nitrogen functional groups attached to an aromatic ring is 1. The highest BCUT2D eigenvalue weighted by Crippen LogP contribution is 2.32. The molecule has 33 heavy (non-hydrogen) atoms. The van der Waals surface area contributed by atoms with E-state index in [1.165, 1.54) is 36.3 Å². The first-order valence-corrected chi connectivity index (χ1v) is 10.8. The van der Waals surface area contributed by atoms with Crippen molar-refractivity contribution in [2.45, 2.75) is 19.4 Å². The van der Waals surface area contributed by atoms with E-state index in [1.807, 2.05) is 6.07 Å². The number of para-hydroxylation sites is 1. The molecular formula is C24H24FN7O. The van der Waals surface area contributed by atoms with Crippen LogP contribution in [0.15, 0.2) is 54.7 Å². The molecule has 5 rings (SSSR count). The van der Waals surface area contributed by atoms with Crippen LogP contribution in [-0.2, 0) is 6.54 Å². The Morgan fingerprint density at radius 3 is 2.61 bits per heavy atom. The second-order valence-electron chi connectivity index (χ2n) is 8.04. The van der Waals surface area contributed by atoms with Gasteiger partial charge < -0.3 is 10.5 Å². The number of pyridine rings is 1. The molecule has 9 heteroatoms. The van der Waals surface area contributed by atoms with Gasteiger partial charge >= 0.3 is 0 Å². The molecule has 8 nitrogen and oxygen atoms in total. The molecule has 0 unspecified atom stereocenters. The van der Waals surface area contributed by atoms with Gasteiger partial charge in [-0.05, 0) is 65.7 Å². The molecule has 4 aromatic rings. The summed E-state index contributed by atoms with van der Waals surface area (Å²) in [5.41, 5.74) is 10.3. The number of halogens is 1. The van der Waals surface area contributed by atoms with Crippen LogP contribution < -0.4 is 10.5 Å². The molecule has 2 aromatic heterocycles. The number of anilines is 1. The summed E-state index contributed by atoms with van der Waals surface area (Å²) in [5.74, 6) is 0.153. The van der Waals surface area contributed by atoms with E-state index >= 15 is 0 Å². The van der Waals surface area contributed by atoms with Crippen LogP contribution in [0.3, 0.4) is 0 Å². The third-order valence-corrected chi connectivity index (χ3v) is 5.90. The van der Waals surface area contributed by atoms with Crippen LogP contribution in [0.1, 0.15) is 18.4 Å². The highest BCUT2D eigenvalue weighted by molar-refractivity contribution is 5.76. The van der Waals surface area contributed by atoms with Crippen molar-refractivity contribution >= 4 is 5.82 Å². The Bertz CT molecular complexity index is 1270. The second-order valence-corrected chi connectivity index (χ2v) is 8.04. The third kappa shape index (κ3) is 4.14. The fourth-order valence-corrected chi connectivity index (χ4v) is 4.20. The molecule has 0 atom stereocenters. The first-order valence-electron chi connectivity index (χ1n) is 10.8. The van der Waals surface area contributed by atoms with Crippen LogP contribution >= 0.6 is 0 Å². The van der Waals surface area contributed by atoms with E-state index in [4.69, 9.17) is 10.5 Å². The van der Waals surface area contributed by atoms with Gasteiger partial charge in [0, 0.05) is 18.3 Å². The number of methoxy groups -OCH3 is 1. The molecule has 1 saturated heterocycles. The number of hydrogen-bond acceptors (Lipinski definition) is 7. The van der Waals surface area contributed by atoms with E-state index in [0.717, 1.165) is 30.8 Å². The topological polar surface area (TPSA) is 95.0 Å². The van der Waals surface area contributed by atoms with Gasteiger partial charge in [-0.3, -0.25) is 4.90 Å². The van der Waals surface area contributed by atoms with Crippen LogP contribution in [0, 0.1) is 5.82 Å². The van der Waals surface area contributed by atoms with Gasteiger partial charge in [-0.2, -0.15) is 4.68 Å². The van der Waals surface area contributed by atoms with Crippen molar-refractivity contribution in [3.05, 3.63) is 66.1 Å². The quantitative estimate of drug-likeness (QED) is 0.483. The van der Waals surface area contributed by atoms with Gasteiger partial charge in [0.05, 0.1) is 12.7 Å². The van der Waals surface area contributed by atoms with Gasteiger partial charge in [0.25, 0.3) is 0 Å². The SMILES string of the molecule is COc1c(F)cccc1-n1nnnc1-c1cc(-c2ccc(CN3CCCC3)cc2)cnc1N. The minimum Gasteiger partial charge on any atom is -0.492 e. The molecular weight excluding hydrogens is 421 g/mol. The molecule has 1 aliphatic rings. The van der Waals surface area contributed by atoms with Gasteiger partial charge in [0.1, 0.15) is 11.5 Å². The summed E-state index contributed by atoms with van der Waals surface area (Å²) in [7, 11) is 1.40. The lowest BCUT2D eigenvalue weighted by Gasteiger charge is -2.15. The average Bonchev–Trinajstić information content (AvgIpc) is 3.52. The van der Waals surface area contributed by atoms with Crippen molar-refractivity contribution < 1.29 is 9.13 Å². The lowest BCUT2D eigenvalue weighted by Crippen LogP contribution is -2.18. The Hall–Kier alpha value is -3.85. The van der Waals surface area contributed by atoms with Crippen LogP contribution in [0.5, 0.6) is 5.75 Å². The highest BCUT2D eigenvalue weighted by atomic mass is 19.1. The normalized spacial score (nSPS) is 14.0. The maximum absolute atomic E-state index is 14.3. The van der Waals surface area contributed by atoms with Crippen LogP contribution in [0.25, 0.3) is 28.2 Å². The van der Waals surface area contributed by atoms with Gasteiger partial charge in [-0.25, -0.2) is 9.37 Å². The summed E-state index contributed by atoms with van der Waals surface area (Å²) in [6, 6.07) is 14.9. The van der Waals surface area contributed by atoms with Crippen molar-refractivity contribution in [1.82, 2.24) is 30.1 Å². The molecule has 0 radical (unpaired) electrons. The third-order valence-electron chi connectivity index (χ3n) is 5.90. The van der Waals surface area contributed by atoms with Crippen molar-refractivity contribution in [2.24, 2.45) is 0 Å². The number of ether oxygens (including phenoxy) is 1. The fourth-order valence-electron chi connectivity index (χ4n) is 4.20. The first-order chi connectivity index (χ1) is 16.1. The summed E-state index contributed by atoms with van der Waals surface area (Å²) in [4.78, 5) is 6.84. The molecule has 0 aliphatic carbocycles. The Morgan fingerprint density at radius 2 is 1.85 bits per heavy atom. The Balaban J connectivity index is 1.49. The number of tetrazole rings is 1. The first kappa shape index (κ1) is 21.0. The summed E-state index contributed by atoms with van der Waals surface area (Å²) in [5, 5.41) is 12.0. The van der Waals surface area contributed by atoms with Gasteiger partial charge in [0.2, 0.25) is 0 Å². The molecule has 1 fully saturated rings. The predicted octanol–water partition coefficient (Wildman–Crippen LogP) is 3.72. The zero-order valence-corrected chi connectivity index (χ0v) is 18.3. The number of hydrogen-bond donors (Lipinski definition) is 1. The number of rotatable bonds is 6. The smallest absolute Gasteiger partial charge is 0.190 e. The summed E-state index contributed by atoms with van der Waals surface area (Å²) >= 11 is 0. The van der Waals surface area contributed by atoms with Gasteiger partial charge in [0.15, 0.2) is 17.4 Å². The molecule has 0 bridgehead atoms. The molecule has 1 aliphatic heterocycles. The molecule has 0 spiro atoms. The summed E-state index contributed by atoms with van der Waals surface area (Å²) in [6.45, 7) is 3.30. The number of aromatic nitrogens is 5. The second kappa shape index (κ2) is 8.95. The maximum atomic E-state index is 14.3. The lowest BCUT2D eigenvalue weighted by molar-refractivity contribution is 0.331. The highest BCUT2D eigenvalue weighted by Gasteiger charge is 2.20. The Kier molecular flexibility index (Phi) is 5.70. The van der Waals surface area contributed by atoms with Gasteiger partial charge in [-0.15, -0.1) is 5.10 Å². The van der Waals surface area contributed by atoms with E-state index in [-0.39, 0.29) is 11.6 Å². The lowest BCUT2D eigenvalue weighted by atomic mass is 10.0. The van der Waals surface area contributed by atoms with Crippen molar-refractivity contribution in [3.8, 4) is 34.0 Å². The van der Waals surface area contributed by atoms with Crippen LogP contribution in [-0.4, -0.2) is 50.3 Å². The van der Waals surface area contributed by atoms with Crippen LogP contribution in [0.2, 0.25) is 0 Å². The van der Waals surface area contributed by atoms with Crippen molar-refractivity contribution in [2.75, 3.05) is 25.9 Å². The number of nitrogens with two attached hydrogens (primary N) is 1. The minimum absolute atomic E-state index is 0.0438. The van der Waals surface area contributed by atoms with Crippen molar-refractivity contribution in [1.29, 1.82) is 0 Å². The van der Waals surface area contributed by atoms with Crippen LogP contribution in [0.4, 0.5) is 10.2 Å². The molecule has 3 heterocycles. The fraction of sp³-hybridized carbons (Fsp3) is 0.250. The molecule has 0 saturated carbocycles. The van der Waals surface area contributed by atoms with E-state index in [2.05, 4.69) is 49.7 Å². The standard InChI is InChI=1S/C24H24FN7O/c1-33-22-20(25)5-4-6-21(22)32-24(28-29-30-32)19-13-18(14-27-23(19)26)17-9-7-16(8-10-17)15-31-11-2-3-12-31/h4-10,13-14H,2-3,11-12,15H2,1H3,(H2,26,27). The Morgan fingerprint density at radius 1 is 1.06 bits per heavy atom. The van der Waals surface area contributed by atoms with E-state index in [9.17, 15) is 4.39 Å². The van der Waals surface area contributed by atoms with Crippen molar-refractivity contribution in [3.63, 3.8) is 0 Å². The molecule has 168 valence electrons. The average molecular weight is 446 g/mol. The zero-order chi connectivity index (χ0) is 22.8. The van der Waals surface area contributed by atoms with E-state index in [0.29, 0.717) is 17.1 Å². The maximum Gasteiger partial charge on any atom is 0.190 e.